The van der Waals surface area contributed by atoms with Crippen LogP contribution in [0.2, 0.25) is 0 Å². The van der Waals surface area contributed by atoms with Crippen LogP contribution in [0.3, 0.4) is 0 Å². The molecule has 0 aliphatic carbocycles. The lowest BCUT2D eigenvalue weighted by molar-refractivity contribution is -0.137. The van der Waals surface area contributed by atoms with Crippen LogP contribution < -0.4 is 0 Å². The Morgan fingerprint density at radius 1 is 1.41 bits per heavy atom. The van der Waals surface area contributed by atoms with E-state index in [9.17, 15) is 9.59 Å². The summed E-state index contributed by atoms with van der Waals surface area (Å²) in [4.78, 5) is 28.9. The van der Waals surface area contributed by atoms with E-state index in [2.05, 4.69) is 4.98 Å². The van der Waals surface area contributed by atoms with E-state index in [1.165, 1.54) is 16.2 Å². The standard InChI is InChI=1S/C11H16N2O3S/c1-4-5-13(6-9(14)15)11(16)10-7(2)12-8(3)17-10/h4-6H2,1-3H3,(H,14,15). The van der Waals surface area contributed by atoms with Gasteiger partial charge in [-0.15, -0.1) is 11.3 Å². The monoisotopic (exact) mass is 256 g/mol. The molecule has 0 unspecified atom stereocenters. The van der Waals surface area contributed by atoms with Gasteiger partial charge in [0, 0.05) is 6.54 Å². The predicted molar refractivity (Wildman–Crippen MR) is 65.4 cm³/mol. The van der Waals surface area contributed by atoms with Gasteiger partial charge >= 0.3 is 5.97 Å². The zero-order chi connectivity index (χ0) is 13.0. The Morgan fingerprint density at radius 3 is 2.47 bits per heavy atom. The van der Waals surface area contributed by atoms with Crippen molar-refractivity contribution < 1.29 is 14.7 Å². The van der Waals surface area contributed by atoms with E-state index in [4.69, 9.17) is 5.11 Å². The van der Waals surface area contributed by atoms with Gasteiger partial charge in [0.2, 0.25) is 0 Å². The van der Waals surface area contributed by atoms with Crippen LogP contribution in [0.15, 0.2) is 0 Å². The number of aryl methyl sites for hydroxylation is 2. The number of hydrogen-bond acceptors (Lipinski definition) is 4. The Kier molecular flexibility index (Phi) is 4.62. The summed E-state index contributed by atoms with van der Waals surface area (Å²) in [6.07, 6.45) is 0.732. The molecule has 0 atom stereocenters. The van der Waals surface area contributed by atoms with Crippen LogP contribution in [-0.2, 0) is 4.79 Å². The van der Waals surface area contributed by atoms with Gasteiger partial charge in [-0.3, -0.25) is 9.59 Å². The SMILES string of the molecule is CCCN(CC(=O)O)C(=O)c1sc(C)nc1C. The van der Waals surface area contributed by atoms with Crippen LogP contribution in [-0.4, -0.2) is 40.0 Å². The van der Waals surface area contributed by atoms with E-state index in [0.717, 1.165) is 11.4 Å². The molecule has 5 nitrogen and oxygen atoms in total. The summed E-state index contributed by atoms with van der Waals surface area (Å²) in [7, 11) is 0. The number of carboxylic acids is 1. The average Bonchev–Trinajstić information content (AvgIpc) is 2.55. The van der Waals surface area contributed by atoms with Crippen molar-refractivity contribution in [3.8, 4) is 0 Å². The van der Waals surface area contributed by atoms with Gasteiger partial charge in [-0.1, -0.05) is 6.92 Å². The summed E-state index contributed by atoms with van der Waals surface area (Å²) in [6, 6.07) is 0. The number of carbonyl (C=O) groups is 2. The number of aromatic nitrogens is 1. The first-order chi connectivity index (χ1) is 7.95. The summed E-state index contributed by atoms with van der Waals surface area (Å²) >= 11 is 1.31. The van der Waals surface area contributed by atoms with Crippen molar-refractivity contribution in [3.05, 3.63) is 15.6 Å². The maximum Gasteiger partial charge on any atom is 0.323 e. The number of amides is 1. The van der Waals surface area contributed by atoms with Crippen molar-refractivity contribution in [2.45, 2.75) is 27.2 Å². The first-order valence-corrected chi connectivity index (χ1v) is 6.22. The second-order valence-electron chi connectivity index (χ2n) is 3.77. The molecule has 0 bridgehead atoms. The average molecular weight is 256 g/mol. The molecule has 1 N–H and O–H groups in total. The fraction of sp³-hybridized carbons (Fsp3) is 0.545. The van der Waals surface area contributed by atoms with Crippen LogP contribution in [0.1, 0.15) is 33.7 Å². The number of rotatable bonds is 5. The Morgan fingerprint density at radius 2 is 2.06 bits per heavy atom. The Bertz CT molecular complexity index is 428. The quantitative estimate of drug-likeness (QED) is 0.870. The van der Waals surface area contributed by atoms with E-state index >= 15 is 0 Å². The number of aliphatic carboxylic acids is 1. The zero-order valence-electron chi connectivity index (χ0n) is 10.2. The number of thiazole rings is 1. The molecular formula is C11H16N2O3S. The topological polar surface area (TPSA) is 70.5 Å². The van der Waals surface area contributed by atoms with Crippen molar-refractivity contribution in [1.29, 1.82) is 0 Å². The first-order valence-electron chi connectivity index (χ1n) is 5.40. The van der Waals surface area contributed by atoms with Gasteiger partial charge in [-0.25, -0.2) is 4.98 Å². The molecule has 1 aromatic rings. The molecule has 1 aromatic heterocycles. The van der Waals surface area contributed by atoms with E-state index in [-0.39, 0.29) is 12.5 Å². The summed E-state index contributed by atoms with van der Waals surface area (Å²) in [5.74, 6) is -1.23. The van der Waals surface area contributed by atoms with Gasteiger partial charge in [0.1, 0.15) is 11.4 Å². The molecule has 1 heterocycles. The lowest BCUT2D eigenvalue weighted by Crippen LogP contribution is -2.36. The smallest absolute Gasteiger partial charge is 0.323 e. The van der Waals surface area contributed by atoms with E-state index in [1.54, 1.807) is 6.92 Å². The van der Waals surface area contributed by atoms with Gasteiger partial charge in [0.15, 0.2) is 0 Å². The fourth-order valence-corrected chi connectivity index (χ4v) is 2.45. The van der Waals surface area contributed by atoms with Crippen LogP contribution >= 0.6 is 11.3 Å². The number of carboxylic acid groups (broad SMARTS) is 1. The van der Waals surface area contributed by atoms with Gasteiger partial charge in [0.05, 0.1) is 10.7 Å². The largest absolute Gasteiger partial charge is 0.480 e. The third-order valence-electron chi connectivity index (χ3n) is 2.20. The third kappa shape index (κ3) is 3.52. The summed E-state index contributed by atoms with van der Waals surface area (Å²) in [6.45, 7) is 5.69. The summed E-state index contributed by atoms with van der Waals surface area (Å²) in [5, 5.41) is 9.59. The highest BCUT2D eigenvalue weighted by Crippen LogP contribution is 2.19. The molecular weight excluding hydrogens is 240 g/mol. The zero-order valence-corrected chi connectivity index (χ0v) is 11.0. The lowest BCUT2D eigenvalue weighted by atomic mass is 10.3. The Balaban J connectivity index is 2.91. The fourth-order valence-electron chi connectivity index (χ4n) is 1.56. The maximum atomic E-state index is 12.1. The highest BCUT2D eigenvalue weighted by atomic mass is 32.1. The van der Waals surface area contributed by atoms with Gasteiger partial charge in [-0.2, -0.15) is 0 Å². The second-order valence-corrected chi connectivity index (χ2v) is 4.97. The molecule has 0 spiro atoms. The molecule has 0 aliphatic heterocycles. The minimum absolute atomic E-state index is 0.239. The highest BCUT2D eigenvalue weighted by molar-refractivity contribution is 7.13. The molecule has 0 radical (unpaired) electrons. The minimum atomic E-state index is -0.995. The van der Waals surface area contributed by atoms with Crippen molar-refractivity contribution in [2.75, 3.05) is 13.1 Å². The molecule has 17 heavy (non-hydrogen) atoms. The first kappa shape index (κ1) is 13.6. The number of carbonyl (C=O) groups excluding carboxylic acids is 1. The second kappa shape index (κ2) is 5.77. The van der Waals surface area contributed by atoms with E-state index < -0.39 is 5.97 Å². The lowest BCUT2D eigenvalue weighted by Gasteiger charge is -2.19. The normalized spacial score (nSPS) is 10.3. The molecule has 1 rings (SSSR count). The van der Waals surface area contributed by atoms with Crippen molar-refractivity contribution in [2.24, 2.45) is 0 Å². The molecule has 0 saturated heterocycles. The van der Waals surface area contributed by atoms with Crippen molar-refractivity contribution in [1.82, 2.24) is 9.88 Å². The van der Waals surface area contributed by atoms with Gasteiger partial charge < -0.3 is 10.0 Å². The summed E-state index contributed by atoms with van der Waals surface area (Å²) < 4.78 is 0. The van der Waals surface area contributed by atoms with Crippen LogP contribution in [0.4, 0.5) is 0 Å². The number of hydrogen-bond donors (Lipinski definition) is 1. The third-order valence-corrected chi connectivity index (χ3v) is 3.27. The molecule has 0 aliphatic rings. The van der Waals surface area contributed by atoms with Crippen molar-refractivity contribution in [3.63, 3.8) is 0 Å². The maximum absolute atomic E-state index is 12.1. The molecule has 0 fully saturated rings. The van der Waals surface area contributed by atoms with E-state index in [1.807, 2.05) is 13.8 Å². The van der Waals surface area contributed by atoms with Gasteiger partial charge in [0.25, 0.3) is 5.91 Å². The van der Waals surface area contributed by atoms with Gasteiger partial charge in [-0.05, 0) is 20.3 Å². The Labute approximate surface area is 104 Å². The van der Waals surface area contributed by atoms with E-state index in [0.29, 0.717) is 17.1 Å². The predicted octanol–water partition coefficient (Wildman–Crippen LogP) is 1.70. The molecule has 1 amide bonds. The van der Waals surface area contributed by atoms with Crippen LogP contribution in [0.5, 0.6) is 0 Å². The van der Waals surface area contributed by atoms with Crippen molar-refractivity contribution >= 4 is 23.2 Å². The highest BCUT2D eigenvalue weighted by Gasteiger charge is 2.21. The number of nitrogens with zero attached hydrogens (tertiary/aromatic N) is 2. The molecule has 0 aromatic carbocycles. The van der Waals surface area contributed by atoms with Crippen LogP contribution in [0, 0.1) is 13.8 Å². The summed E-state index contributed by atoms with van der Waals surface area (Å²) in [5.41, 5.74) is 0.670. The molecule has 6 heteroatoms. The van der Waals surface area contributed by atoms with Crippen LogP contribution in [0.25, 0.3) is 0 Å². The Hall–Kier alpha value is -1.43. The molecule has 94 valence electrons. The molecule has 0 saturated carbocycles. The minimum Gasteiger partial charge on any atom is -0.480 e.